The predicted octanol–water partition coefficient (Wildman–Crippen LogP) is 3.70. The van der Waals surface area contributed by atoms with Crippen molar-refractivity contribution >= 4 is 23.7 Å². The van der Waals surface area contributed by atoms with E-state index in [-0.39, 0.29) is 30.2 Å². The average molecular weight is 493 g/mol. The number of aliphatic hydroxyl groups is 1. The molecule has 1 saturated carbocycles. The molecule has 1 N–H and O–H groups in total. The molecular weight excluding hydrogens is 452 g/mol. The number of ether oxygens (including phenoxy) is 3. The molecule has 7 atom stereocenters. The van der Waals surface area contributed by atoms with E-state index in [1.54, 1.807) is 32.9 Å². The van der Waals surface area contributed by atoms with Crippen molar-refractivity contribution in [3.05, 3.63) is 23.3 Å². The largest absolute Gasteiger partial charge is 0.469 e. The van der Waals surface area contributed by atoms with Gasteiger partial charge in [0.1, 0.15) is 12.2 Å². The minimum absolute atomic E-state index is 0.114. The van der Waals surface area contributed by atoms with Crippen LogP contribution in [0.3, 0.4) is 0 Å². The molecule has 2 aliphatic rings. The van der Waals surface area contributed by atoms with Crippen LogP contribution in [-0.2, 0) is 33.4 Å². The first kappa shape index (κ1) is 28.8. The Hall–Kier alpha value is -2.48. The molecule has 0 bridgehead atoms. The number of esters is 3. The number of ketones is 1. The van der Waals surface area contributed by atoms with E-state index in [1.165, 1.54) is 14.0 Å². The second-order valence-corrected chi connectivity index (χ2v) is 10.1. The number of allylic oxidation sites excluding steroid dienone is 3. The maximum absolute atomic E-state index is 14.2. The summed E-state index contributed by atoms with van der Waals surface area (Å²) in [6.45, 7) is 10.2. The summed E-state index contributed by atoms with van der Waals surface area (Å²) in [5.74, 6) is -4.10. The lowest BCUT2D eigenvalue weighted by Gasteiger charge is -2.53. The third-order valence-corrected chi connectivity index (χ3v) is 7.62. The smallest absolute Gasteiger partial charge is 0.312 e. The second-order valence-electron chi connectivity index (χ2n) is 10.1. The van der Waals surface area contributed by atoms with E-state index in [4.69, 9.17) is 14.2 Å². The van der Waals surface area contributed by atoms with Gasteiger partial charge >= 0.3 is 17.9 Å². The third kappa shape index (κ3) is 6.21. The van der Waals surface area contributed by atoms with Crippen LogP contribution >= 0.6 is 0 Å². The molecule has 5 unspecified atom stereocenters. The highest BCUT2D eigenvalue weighted by Gasteiger charge is 2.60. The molecule has 0 heterocycles. The normalized spacial score (nSPS) is 35.3. The summed E-state index contributed by atoms with van der Waals surface area (Å²) in [6, 6.07) is 0. The van der Waals surface area contributed by atoms with E-state index in [0.29, 0.717) is 19.3 Å². The topological polar surface area (TPSA) is 116 Å². The Balaban J connectivity index is 2.76. The highest BCUT2D eigenvalue weighted by Crippen LogP contribution is 2.52. The number of methoxy groups -OCH3 is 1. The molecule has 0 aromatic heterocycles. The predicted molar refractivity (Wildman–Crippen MR) is 129 cm³/mol. The van der Waals surface area contributed by atoms with Crippen molar-refractivity contribution in [2.24, 2.45) is 23.2 Å². The van der Waals surface area contributed by atoms with Crippen LogP contribution < -0.4 is 0 Å². The Kier molecular flexibility index (Phi) is 9.84. The van der Waals surface area contributed by atoms with Gasteiger partial charge in [0.2, 0.25) is 0 Å². The summed E-state index contributed by atoms with van der Waals surface area (Å²) >= 11 is 0. The molecular formula is C27H40O8. The molecule has 0 amide bonds. The summed E-state index contributed by atoms with van der Waals surface area (Å²) < 4.78 is 16.6. The van der Waals surface area contributed by atoms with E-state index in [2.05, 4.69) is 0 Å². The molecule has 2 rings (SSSR count). The van der Waals surface area contributed by atoms with Crippen LogP contribution in [0.4, 0.5) is 0 Å². The van der Waals surface area contributed by atoms with Gasteiger partial charge in [-0.05, 0) is 39.0 Å². The van der Waals surface area contributed by atoms with Gasteiger partial charge < -0.3 is 19.3 Å². The molecule has 0 aromatic rings. The average Bonchev–Trinajstić information content (AvgIpc) is 2.78. The fourth-order valence-corrected chi connectivity index (χ4v) is 5.50. The molecule has 0 spiro atoms. The molecule has 0 saturated heterocycles. The van der Waals surface area contributed by atoms with Crippen LogP contribution in [0.15, 0.2) is 23.3 Å². The number of fused-ring (bicyclic) bond motifs is 1. The van der Waals surface area contributed by atoms with Crippen LogP contribution in [0, 0.1) is 23.2 Å². The summed E-state index contributed by atoms with van der Waals surface area (Å²) in [4.78, 5) is 51.4. The summed E-state index contributed by atoms with van der Waals surface area (Å²) in [5.41, 5.74) is 0.0616. The fraction of sp³-hybridized carbons (Fsp3) is 0.704. The van der Waals surface area contributed by atoms with Gasteiger partial charge in [0, 0.05) is 31.3 Å². The van der Waals surface area contributed by atoms with Crippen LogP contribution in [0.5, 0.6) is 0 Å². The fourth-order valence-electron chi connectivity index (χ4n) is 5.50. The van der Waals surface area contributed by atoms with Gasteiger partial charge in [0.25, 0.3) is 0 Å². The molecule has 2 aliphatic carbocycles. The van der Waals surface area contributed by atoms with E-state index >= 15 is 0 Å². The second kappa shape index (κ2) is 12.0. The zero-order valence-electron chi connectivity index (χ0n) is 22.0. The van der Waals surface area contributed by atoms with Crippen molar-refractivity contribution in [2.45, 2.75) is 92.0 Å². The van der Waals surface area contributed by atoms with E-state index in [0.717, 1.165) is 5.57 Å². The molecule has 0 aliphatic heterocycles. The van der Waals surface area contributed by atoms with Crippen molar-refractivity contribution in [3.63, 3.8) is 0 Å². The SMILES string of the molecule is CCCC(=O)O[C@@H]1CC/C(C)=C\C=C(\C(C)C(=O)OC)C(=O)C2C(C)C(O)CC(OC(C)=O)[C@@]21C. The molecule has 8 heteroatoms. The Labute approximate surface area is 208 Å². The van der Waals surface area contributed by atoms with Crippen LogP contribution in [0.1, 0.15) is 73.6 Å². The summed E-state index contributed by atoms with van der Waals surface area (Å²) in [7, 11) is 1.27. The number of carbonyl (C=O) groups excluding carboxylic acids is 4. The van der Waals surface area contributed by atoms with E-state index in [9.17, 15) is 24.3 Å². The van der Waals surface area contributed by atoms with Crippen molar-refractivity contribution < 1.29 is 38.5 Å². The van der Waals surface area contributed by atoms with Crippen molar-refractivity contribution in [3.8, 4) is 0 Å². The molecule has 1 fully saturated rings. The maximum atomic E-state index is 14.2. The van der Waals surface area contributed by atoms with Gasteiger partial charge in [-0.2, -0.15) is 0 Å². The van der Waals surface area contributed by atoms with Gasteiger partial charge in [-0.3, -0.25) is 19.2 Å². The van der Waals surface area contributed by atoms with Crippen LogP contribution in [0.2, 0.25) is 0 Å². The zero-order valence-corrected chi connectivity index (χ0v) is 22.0. The summed E-state index contributed by atoms with van der Waals surface area (Å²) in [6.07, 6.45) is 2.85. The first-order chi connectivity index (χ1) is 16.4. The monoisotopic (exact) mass is 492 g/mol. The molecule has 196 valence electrons. The van der Waals surface area contributed by atoms with Crippen LogP contribution in [0.25, 0.3) is 0 Å². The standard InChI is InChI=1S/C27H40O8/c1-8-9-23(30)35-21-13-11-15(2)10-12-19(16(3)26(32)33-7)25(31)24-17(4)20(29)14-22(27(21,24)6)34-18(5)28/h10,12,16-17,20-22,24,29H,8-9,11,13-14H2,1-7H3/b15-10-,19-12-/t16?,17?,20?,21-,22?,24?,27+/m1/s1. The number of rotatable bonds is 6. The van der Waals surface area contributed by atoms with Gasteiger partial charge in [-0.25, -0.2) is 0 Å². The number of hydrogen-bond acceptors (Lipinski definition) is 8. The van der Waals surface area contributed by atoms with E-state index in [1.807, 2.05) is 13.8 Å². The molecule has 8 nitrogen and oxygen atoms in total. The third-order valence-electron chi connectivity index (χ3n) is 7.62. The van der Waals surface area contributed by atoms with E-state index < -0.39 is 53.4 Å². The van der Waals surface area contributed by atoms with Gasteiger partial charge in [0.05, 0.1) is 24.5 Å². The lowest BCUT2D eigenvalue weighted by molar-refractivity contribution is -0.205. The Morgan fingerprint density at radius 2 is 1.86 bits per heavy atom. The Morgan fingerprint density at radius 1 is 1.20 bits per heavy atom. The minimum Gasteiger partial charge on any atom is -0.469 e. The van der Waals surface area contributed by atoms with Crippen LogP contribution in [-0.4, -0.2) is 54.2 Å². The maximum Gasteiger partial charge on any atom is 0.312 e. The van der Waals surface area contributed by atoms with Gasteiger partial charge in [-0.1, -0.05) is 38.5 Å². The van der Waals surface area contributed by atoms with Crippen molar-refractivity contribution in [1.82, 2.24) is 0 Å². The summed E-state index contributed by atoms with van der Waals surface area (Å²) in [5, 5.41) is 10.9. The zero-order chi connectivity index (χ0) is 26.5. The molecule has 0 aromatic carbocycles. The Morgan fingerprint density at radius 3 is 2.43 bits per heavy atom. The Bertz CT molecular complexity index is 888. The number of hydrogen-bond donors (Lipinski definition) is 1. The van der Waals surface area contributed by atoms with Crippen molar-refractivity contribution in [1.29, 1.82) is 0 Å². The number of aliphatic hydroxyl groups excluding tert-OH is 1. The number of Topliss-reactive ketones (excluding diaryl/α,β-unsaturated/α-hetero) is 1. The van der Waals surface area contributed by atoms with Crippen molar-refractivity contribution in [2.75, 3.05) is 7.11 Å². The number of carbonyl (C=O) groups is 4. The van der Waals surface area contributed by atoms with Gasteiger partial charge in [-0.15, -0.1) is 0 Å². The highest BCUT2D eigenvalue weighted by molar-refractivity contribution is 6.02. The quantitative estimate of drug-likeness (QED) is 0.441. The molecule has 35 heavy (non-hydrogen) atoms. The first-order valence-corrected chi connectivity index (χ1v) is 12.4. The lowest BCUT2D eigenvalue weighted by atomic mass is 9.54. The lowest BCUT2D eigenvalue weighted by Crippen LogP contribution is -2.61. The first-order valence-electron chi connectivity index (χ1n) is 12.4. The highest BCUT2D eigenvalue weighted by atomic mass is 16.6. The molecule has 0 radical (unpaired) electrons. The van der Waals surface area contributed by atoms with Gasteiger partial charge in [0.15, 0.2) is 5.78 Å². The minimum atomic E-state index is -1.13.